The van der Waals surface area contributed by atoms with E-state index in [1.807, 2.05) is 0 Å². The van der Waals surface area contributed by atoms with Gasteiger partial charge in [0.25, 0.3) is 5.91 Å². The molecule has 2 aromatic rings. The van der Waals surface area contributed by atoms with Gasteiger partial charge in [-0.2, -0.15) is 0 Å². The quantitative estimate of drug-likeness (QED) is 0.762. The van der Waals surface area contributed by atoms with Crippen molar-refractivity contribution in [3.8, 4) is 0 Å². The molecule has 0 saturated heterocycles. The van der Waals surface area contributed by atoms with Crippen molar-refractivity contribution in [2.75, 3.05) is 6.54 Å². The third-order valence-electron chi connectivity index (χ3n) is 5.13. The molecule has 2 atom stereocenters. The Hall–Kier alpha value is -2.12. The van der Waals surface area contributed by atoms with Gasteiger partial charge in [0, 0.05) is 18.4 Å². The molecule has 2 heterocycles. The van der Waals surface area contributed by atoms with Crippen LogP contribution in [-0.2, 0) is 0 Å². The molecular formula is C18H23ClN4O3. The van der Waals surface area contributed by atoms with Gasteiger partial charge in [0.1, 0.15) is 0 Å². The smallest absolute Gasteiger partial charge is 0.324 e. The van der Waals surface area contributed by atoms with E-state index in [2.05, 4.69) is 17.2 Å². The van der Waals surface area contributed by atoms with Crippen LogP contribution in [0.5, 0.6) is 0 Å². The molecule has 0 bridgehead atoms. The number of carbonyl (C=O) groups is 2. The standard InChI is InChI=1S/C18H23ClN4O3/c1-10-4-3-6-18(26,8-10)9-22-16(24)13-11(2)23(17(20)25)15-14(13)12(19)5-7-21-15/h5,7,10,26H,3-4,6,8-9H2,1-2H3,(H2,20,25)(H,22,24)/t10-,18-/m0/s1. The van der Waals surface area contributed by atoms with Crippen LogP contribution in [0, 0.1) is 12.8 Å². The molecule has 0 aliphatic heterocycles. The highest BCUT2D eigenvalue weighted by atomic mass is 35.5. The van der Waals surface area contributed by atoms with E-state index in [0.29, 0.717) is 34.9 Å². The summed E-state index contributed by atoms with van der Waals surface area (Å²) in [6.45, 7) is 3.87. The summed E-state index contributed by atoms with van der Waals surface area (Å²) in [5, 5.41) is 14.2. The number of aromatic nitrogens is 2. The van der Waals surface area contributed by atoms with Crippen LogP contribution in [0.15, 0.2) is 12.3 Å². The molecule has 140 valence electrons. The largest absolute Gasteiger partial charge is 0.388 e. The monoisotopic (exact) mass is 378 g/mol. The van der Waals surface area contributed by atoms with Gasteiger partial charge in [-0.15, -0.1) is 0 Å². The van der Waals surface area contributed by atoms with Gasteiger partial charge in [0.05, 0.1) is 21.6 Å². The lowest BCUT2D eigenvalue weighted by atomic mass is 9.79. The average Bonchev–Trinajstić information content (AvgIpc) is 2.86. The fourth-order valence-electron chi connectivity index (χ4n) is 3.95. The Bertz CT molecular complexity index is 879. The molecule has 0 aromatic carbocycles. The first-order valence-electron chi connectivity index (χ1n) is 8.69. The molecule has 0 radical (unpaired) electrons. The first-order valence-corrected chi connectivity index (χ1v) is 9.07. The fourth-order valence-corrected chi connectivity index (χ4v) is 4.19. The number of pyridine rings is 1. The number of fused-ring (bicyclic) bond motifs is 1. The number of aliphatic hydroxyl groups is 1. The maximum absolute atomic E-state index is 12.9. The molecule has 1 aliphatic rings. The van der Waals surface area contributed by atoms with Crippen molar-refractivity contribution >= 4 is 34.6 Å². The minimum Gasteiger partial charge on any atom is -0.388 e. The van der Waals surface area contributed by atoms with Crippen molar-refractivity contribution < 1.29 is 14.7 Å². The molecule has 26 heavy (non-hydrogen) atoms. The topological polar surface area (TPSA) is 110 Å². The molecule has 0 unspecified atom stereocenters. The number of nitrogens with zero attached hydrogens (tertiary/aromatic N) is 2. The predicted octanol–water partition coefficient (Wildman–Crippen LogP) is 2.60. The van der Waals surface area contributed by atoms with Crippen LogP contribution in [-0.4, -0.2) is 38.7 Å². The number of hydrogen-bond donors (Lipinski definition) is 3. The second-order valence-electron chi connectivity index (χ2n) is 7.23. The van der Waals surface area contributed by atoms with Gasteiger partial charge >= 0.3 is 6.03 Å². The molecule has 7 nitrogen and oxygen atoms in total. The number of hydrogen-bond acceptors (Lipinski definition) is 4. The number of halogens is 1. The second kappa shape index (κ2) is 6.89. The normalized spacial score (nSPS) is 23.2. The SMILES string of the molecule is Cc1c(C(=O)NC[C@]2(O)CCC[C@H](C)C2)c2c(Cl)ccnc2n1C(N)=O. The highest BCUT2D eigenvalue weighted by Crippen LogP contribution is 2.33. The lowest BCUT2D eigenvalue weighted by molar-refractivity contribution is -0.0109. The van der Waals surface area contributed by atoms with Crippen LogP contribution >= 0.6 is 11.6 Å². The Labute approximate surface area is 156 Å². The maximum Gasteiger partial charge on any atom is 0.324 e. The summed E-state index contributed by atoms with van der Waals surface area (Å²) in [5.74, 6) is 0.0110. The van der Waals surface area contributed by atoms with Gasteiger partial charge in [-0.25, -0.2) is 14.3 Å². The highest BCUT2D eigenvalue weighted by molar-refractivity contribution is 6.37. The molecule has 8 heteroatoms. The van der Waals surface area contributed by atoms with Crippen LogP contribution in [0.4, 0.5) is 4.79 Å². The zero-order chi connectivity index (χ0) is 19.1. The first-order chi connectivity index (χ1) is 12.2. The Morgan fingerprint density at radius 2 is 2.27 bits per heavy atom. The summed E-state index contributed by atoms with van der Waals surface area (Å²) >= 11 is 6.26. The number of amides is 2. The molecule has 1 fully saturated rings. The molecule has 3 rings (SSSR count). The Balaban J connectivity index is 1.94. The highest BCUT2D eigenvalue weighted by Gasteiger charge is 2.34. The molecular weight excluding hydrogens is 356 g/mol. The van der Waals surface area contributed by atoms with Crippen LogP contribution in [0.2, 0.25) is 5.02 Å². The summed E-state index contributed by atoms with van der Waals surface area (Å²) < 4.78 is 1.17. The van der Waals surface area contributed by atoms with Crippen molar-refractivity contribution in [1.82, 2.24) is 14.9 Å². The first kappa shape index (κ1) is 18.7. The van der Waals surface area contributed by atoms with Gasteiger partial charge in [-0.1, -0.05) is 31.4 Å². The number of rotatable bonds is 3. The van der Waals surface area contributed by atoms with Gasteiger partial charge in [-0.05, 0) is 31.7 Å². The van der Waals surface area contributed by atoms with Crippen molar-refractivity contribution in [3.05, 3.63) is 28.5 Å². The molecule has 0 spiro atoms. The van der Waals surface area contributed by atoms with Gasteiger partial charge in [0.15, 0.2) is 5.65 Å². The van der Waals surface area contributed by atoms with Crippen molar-refractivity contribution in [2.45, 2.75) is 45.1 Å². The Kier molecular flexibility index (Phi) is 4.94. The molecule has 4 N–H and O–H groups in total. The van der Waals surface area contributed by atoms with E-state index in [1.54, 1.807) is 13.0 Å². The van der Waals surface area contributed by atoms with E-state index in [1.165, 1.54) is 10.8 Å². The minimum absolute atomic E-state index is 0.150. The van der Waals surface area contributed by atoms with Crippen molar-refractivity contribution in [1.29, 1.82) is 0 Å². The van der Waals surface area contributed by atoms with Crippen LogP contribution < -0.4 is 11.1 Å². The summed E-state index contributed by atoms with van der Waals surface area (Å²) in [6, 6.07) is 0.822. The van der Waals surface area contributed by atoms with Crippen LogP contribution in [0.1, 0.15) is 48.7 Å². The van der Waals surface area contributed by atoms with Crippen LogP contribution in [0.25, 0.3) is 11.0 Å². The lowest BCUT2D eigenvalue weighted by Gasteiger charge is -2.35. The van der Waals surface area contributed by atoms with Crippen LogP contribution in [0.3, 0.4) is 0 Å². The average molecular weight is 379 g/mol. The summed E-state index contributed by atoms with van der Waals surface area (Å²) in [6.07, 6.45) is 4.78. The third kappa shape index (κ3) is 3.29. The molecule has 1 aliphatic carbocycles. The summed E-state index contributed by atoms with van der Waals surface area (Å²) in [4.78, 5) is 28.8. The van der Waals surface area contributed by atoms with Gasteiger partial charge in [0.2, 0.25) is 0 Å². The molecule has 2 amide bonds. The number of nitrogens with one attached hydrogen (secondary N) is 1. The van der Waals surface area contributed by atoms with E-state index in [-0.39, 0.29) is 17.8 Å². The number of primary amides is 1. The molecule has 2 aromatic heterocycles. The van der Waals surface area contributed by atoms with Gasteiger partial charge < -0.3 is 16.2 Å². The van der Waals surface area contributed by atoms with E-state index in [9.17, 15) is 14.7 Å². The lowest BCUT2D eigenvalue weighted by Crippen LogP contribution is -2.45. The van der Waals surface area contributed by atoms with Crippen molar-refractivity contribution in [2.24, 2.45) is 11.7 Å². The van der Waals surface area contributed by atoms with E-state index in [0.717, 1.165) is 12.8 Å². The summed E-state index contributed by atoms with van der Waals surface area (Å²) in [7, 11) is 0. The molecule has 1 saturated carbocycles. The van der Waals surface area contributed by atoms with E-state index < -0.39 is 17.5 Å². The zero-order valence-corrected chi connectivity index (χ0v) is 15.6. The van der Waals surface area contributed by atoms with Crippen molar-refractivity contribution in [3.63, 3.8) is 0 Å². The zero-order valence-electron chi connectivity index (χ0n) is 14.9. The number of carbonyl (C=O) groups excluding carboxylic acids is 2. The third-order valence-corrected chi connectivity index (χ3v) is 5.45. The Morgan fingerprint density at radius 1 is 1.54 bits per heavy atom. The fraction of sp³-hybridized carbons (Fsp3) is 0.500. The Morgan fingerprint density at radius 3 is 2.92 bits per heavy atom. The van der Waals surface area contributed by atoms with Gasteiger partial charge in [-0.3, -0.25) is 4.79 Å². The van der Waals surface area contributed by atoms with E-state index in [4.69, 9.17) is 17.3 Å². The summed E-state index contributed by atoms with van der Waals surface area (Å²) in [5.41, 5.74) is 5.40. The second-order valence-corrected chi connectivity index (χ2v) is 7.64. The maximum atomic E-state index is 12.9. The number of nitrogens with two attached hydrogens (primary N) is 1. The van der Waals surface area contributed by atoms with E-state index >= 15 is 0 Å². The predicted molar refractivity (Wildman–Crippen MR) is 99.4 cm³/mol. The minimum atomic E-state index is -0.911.